The summed E-state index contributed by atoms with van der Waals surface area (Å²) in [4.78, 5) is 13.1. The second-order valence-corrected chi connectivity index (χ2v) is 9.38. The minimum absolute atomic E-state index is 0.119. The Labute approximate surface area is 195 Å². The van der Waals surface area contributed by atoms with Crippen LogP contribution in [0, 0.1) is 6.92 Å². The predicted octanol–water partition coefficient (Wildman–Crippen LogP) is 4.08. The Balaban J connectivity index is 1.87. The Morgan fingerprint density at radius 1 is 0.939 bits per heavy atom. The highest BCUT2D eigenvalue weighted by Crippen LogP contribution is 2.30. The van der Waals surface area contributed by atoms with Gasteiger partial charge in [-0.05, 0) is 55.3 Å². The largest absolute Gasteiger partial charge is 0.493 e. The van der Waals surface area contributed by atoms with E-state index in [0.717, 1.165) is 15.4 Å². The lowest BCUT2D eigenvalue weighted by atomic mass is 10.1. The van der Waals surface area contributed by atoms with Crippen molar-refractivity contribution in [3.8, 4) is 11.5 Å². The van der Waals surface area contributed by atoms with Gasteiger partial charge in [-0.3, -0.25) is 9.10 Å². The summed E-state index contributed by atoms with van der Waals surface area (Å²) in [5.74, 6) is 0.698. The second kappa shape index (κ2) is 10.4. The average Bonchev–Trinajstić information content (AvgIpc) is 2.83. The summed E-state index contributed by atoms with van der Waals surface area (Å²) >= 11 is 0. The van der Waals surface area contributed by atoms with E-state index in [4.69, 9.17) is 9.47 Å². The number of nitrogens with zero attached hydrogens (tertiary/aromatic N) is 1. The number of ether oxygens (including phenoxy) is 2. The third-order valence-corrected chi connectivity index (χ3v) is 7.06. The number of methoxy groups -OCH3 is 2. The zero-order chi connectivity index (χ0) is 24.0. The van der Waals surface area contributed by atoms with Crippen LogP contribution in [-0.2, 0) is 14.8 Å². The number of rotatable bonds is 9. The maximum Gasteiger partial charge on any atom is 0.264 e. The van der Waals surface area contributed by atoms with Crippen LogP contribution in [-0.4, -0.2) is 35.1 Å². The van der Waals surface area contributed by atoms with Crippen LogP contribution >= 0.6 is 0 Å². The second-order valence-electron chi connectivity index (χ2n) is 7.51. The summed E-state index contributed by atoms with van der Waals surface area (Å²) in [5, 5.41) is 2.89. The molecule has 0 aliphatic carbocycles. The third kappa shape index (κ3) is 5.46. The average molecular weight is 469 g/mol. The van der Waals surface area contributed by atoms with Gasteiger partial charge >= 0.3 is 0 Å². The molecule has 0 saturated carbocycles. The van der Waals surface area contributed by atoms with E-state index in [1.54, 1.807) is 56.7 Å². The van der Waals surface area contributed by atoms with E-state index in [0.29, 0.717) is 17.2 Å². The fourth-order valence-corrected chi connectivity index (χ4v) is 4.99. The lowest BCUT2D eigenvalue weighted by Crippen LogP contribution is -2.41. The molecule has 0 aliphatic heterocycles. The molecule has 0 radical (unpaired) electrons. The van der Waals surface area contributed by atoms with E-state index in [-0.39, 0.29) is 17.5 Å². The number of carbonyl (C=O) groups is 1. The highest BCUT2D eigenvalue weighted by atomic mass is 32.2. The number of anilines is 1. The SMILES string of the molecule is COc1ccc([C@@H](C)NC(=O)CN(c2ccccc2C)S(=O)(=O)c2ccccc2)cc1OC. The number of carbonyl (C=O) groups excluding carboxylic acids is 1. The van der Waals surface area contributed by atoms with E-state index in [9.17, 15) is 13.2 Å². The number of hydrogen-bond donors (Lipinski definition) is 1. The van der Waals surface area contributed by atoms with Gasteiger partial charge in [0.1, 0.15) is 6.54 Å². The highest BCUT2D eigenvalue weighted by molar-refractivity contribution is 7.92. The molecule has 1 amide bonds. The van der Waals surface area contributed by atoms with Crippen molar-refractivity contribution in [1.29, 1.82) is 0 Å². The van der Waals surface area contributed by atoms with Gasteiger partial charge in [-0.1, -0.05) is 42.5 Å². The summed E-state index contributed by atoms with van der Waals surface area (Å²) in [5.41, 5.74) is 2.00. The van der Waals surface area contributed by atoms with Gasteiger partial charge in [0.05, 0.1) is 30.8 Å². The minimum atomic E-state index is -3.96. The molecule has 3 aromatic carbocycles. The van der Waals surface area contributed by atoms with Crippen molar-refractivity contribution in [2.24, 2.45) is 0 Å². The van der Waals surface area contributed by atoms with Crippen molar-refractivity contribution in [3.05, 3.63) is 83.9 Å². The number of amides is 1. The van der Waals surface area contributed by atoms with Crippen LogP contribution in [0.2, 0.25) is 0 Å². The molecular weight excluding hydrogens is 440 g/mol. The van der Waals surface area contributed by atoms with E-state index in [1.165, 1.54) is 12.1 Å². The van der Waals surface area contributed by atoms with Crippen LogP contribution in [0.1, 0.15) is 24.1 Å². The van der Waals surface area contributed by atoms with Gasteiger partial charge in [0, 0.05) is 0 Å². The molecular formula is C25H28N2O5S. The Hall–Kier alpha value is -3.52. The van der Waals surface area contributed by atoms with Crippen LogP contribution in [0.5, 0.6) is 11.5 Å². The van der Waals surface area contributed by atoms with Crippen LogP contribution in [0.4, 0.5) is 5.69 Å². The molecule has 0 fully saturated rings. The van der Waals surface area contributed by atoms with Crippen LogP contribution < -0.4 is 19.1 Å². The maximum atomic E-state index is 13.4. The number of para-hydroxylation sites is 1. The number of sulfonamides is 1. The van der Waals surface area contributed by atoms with Crippen molar-refractivity contribution in [2.45, 2.75) is 24.8 Å². The molecule has 0 spiro atoms. The fourth-order valence-electron chi connectivity index (χ4n) is 3.49. The van der Waals surface area contributed by atoms with Crippen LogP contribution in [0.3, 0.4) is 0 Å². The monoisotopic (exact) mass is 468 g/mol. The Morgan fingerprint density at radius 2 is 1.58 bits per heavy atom. The third-order valence-electron chi connectivity index (χ3n) is 5.29. The zero-order valence-corrected chi connectivity index (χ0v) is 19.9. The molecule has 0 aromatic heterocycles. The maximum absolute atomic E-state index is 13.4. The lowest BCUT2D eigenvalue weighted by molar-refractivity contribution is -0.120. The quantitative estimate of drug-likeness (QED) is 0.511. The molecule has 1 atom stereocenters. The van der Waals surface area contributed by atoms with E-state index < -0.39 is 15.9 Å². The Morgan fingerprint density at radius 3 is 2.21 bits per heavy atom. The normalized spacial score (nSPS) is 12.0. The molecule has 0 saturated heterocycles. The van der Waals surface area contributed by atoms with Crippen molar-refractivity contribution in [1.82, 2.24) is 5.32 Å². The van der Waals surface area contributed by atoms with Gasteiger partial charge in [0.2, 0.25) is 5.91 Å². The Bertz CT molecular complexity index is 1210. The number of hydrogen-bond acceptors (Lipinski definition) is 5. The molecule has 33 heavy (non-hydrogen) atoms. The first-order chi connectivity index (χ1) is 15.8. The molecule has 0 unspecified atom stereocenters. The molecule has 0 heterocycles. The van der Waals surface area contributed by atoms with E-state index >= 15 is 0 Å². The first-order valence-electron chi connectivity index (χ1n) is 10.4. The van der Waals surface area contributed by atoms with E-state index in [2.05, 4.69) is 5.32 Å². The summed E-state index contributed by atoms with van der Waals surface area (Å²) in [7, 11) is -0.863. The van der Waals surface area contributed by atoms with Crippen LogP contribution in [0.15, 0.2) is 77.7 Å². The number of nitrogens with one attached hydrogen (secondary N) is 1. The van der Waals surface area contributed by atoms with Crippen LogP contribution in [0.25, 0.3) is 0 Å². The fraction of sp³-hybridized carbons (Fsp3) is 0.240. The lowest BCUT2D eigenvalue weighted by Gasteiger charge is -2.26. The number of benzene rings is 3. The van der Waals surface area contributed by atoms with Crippen molar-refractivity contribution in [3.63, 3.8) is 0 Å². The summed E-state index contributed by atoms with van der Waals surface area (Å²) in [6, 6.07) is 20.2. The van der Waals surface area contributed by atoms with Gasteiger partial charge in [-0.15, -0.1) is 0 Å². The molecule has 174 valence electrons. The first kappa shape index (κ1) is 24.1. The van der Waals surface area contributed by atoms with Crippen molar-refractivity contribution < 1.29 is 22.7 Å². The highest BCUT2D eigenvalue weighted by Gasteiger charge is 2.28. The van der Waals surface area contributed by atoms with Gasteiger partial charge in [-0.2, -0.15) is 0 Å². The van der Waals surface area contributed by atoms with Gasteiger partial charge < -0.3 is 14.8 Å². The predicted molar refractivity (Wildman–Crippen MR) is 128 cm³/mol. The Kier molecular flexibility index (Phi) is 7.60. The summed E-state index contributed by atoms with van der Waals surface area (Å²) in [6.07, 6.45) is 0. The molecule has 8 heteroatoms. The van der Waals surface area contributed by atoms with E-state index in [1.807, 2.05) is 32.0 Å². The van der Waals surface area contributed by atoms with Gasteiger partial charge in [0.25, 0.3) is 10.0 Å². The molecule has 7 nitrogen and oxygen atoms in total. The van der Waals surface area contributed by atoms with Crippen molar-refractivity contribution in [2.75, 3.05) is 25.1 Å². The first-order valence-corrected chi connectivity index (χ1v) is 11.9. The molecule has 0 aliphatic rings. The topological polar surface area (TPSA) is 84.9 Å². The standard InChI is InChI=1S/C25H28N2O5S/c1-18-10-8-9-13-22(18)27(33(29,30)21-11-6-5-7-12-21)17-25(28)26-19(2)20-14-15-23(31-3)24(16-20)32-4/h5-16,19H,17H2,1-4H3,(H,26,28)/t19-/m1/s1. The minimum Gasteiger partial charge on any atom is -0.493 e. The van der Waals surface area contributed by atoms with Gasteiger partial charge in [-0.25, -0.2) is 8.42 Å². The molecule has 0 bridgehead atoms. The zero-order valence-electron chi connectivity index (χ0n) is 19.1. The molecule has 3 aromatic rings. The van der Waals surface area contributed by atoms with Gasteiger partial charge in [0.15, 0.2) is 11.5 Å². The summed E-state index contributed by atoms with van der Waals surface area (Å²) < 4.78 is 38.6. The summed E-state index contributed by atoms with van der Waals surface area (Å²) in [6.45, 7) is 3.27. The van der Waals surface area contributed by atoms with Crippen molar-refractivity contribution >= 4 is 21.6 Å². The molecule has 1 N–H and O–H groups in total. The smallest absolute Gasteiger partial charge is 0.264 e. The molecule has 3 rings (SSSR count). The number of aryl methyl sites for hydroxylation is 1.